The molecule has 0 saturated carbocycles. The lowest BCUT2D eigenvalue weighted by molar-refractivity contribution is 0.441. The van der Waals surface area contributed by atoms with Gasteiger partial charge in [-0.05, 0) is 62.5 Å². The van der Waals surface area contributed by atoms with Gasteiger partial charge in [0.2, 0.25) is 5.88 Å². The van der Waals surface area contributed by atoms with Gasteiger partial charge in [0.15, 0.2) is 3.95 Å². The number of hydrogen-bond donors (Lipinski definition) is 1. The SMILES string of the molecule is CCN(CC)c1ccc(-n2c(O)c(/C=C3\C=Nc4ccccc43)sc2=S)cc1. The maximum atomic E-state index is 10.8. The summed E-state index contributed by atoms with van der Waals surface area (Å²) in [6.45, 7) is 6.20. The van der Waals surface area contributed by atoms with E-state index in [4.69, 9.17) is 12.2 Å². The zero-order valence-electron chi connectivity index (χ0n) is 15.8. The van der Waals surface area contributed by atoms with Crippen molar-refractivity contribution in [1.29, 1.82) is 0 Å². The summed E-state index contributed by atoms with van der Waals surface area (Å²) >= 11 is 6.94. The van der Waals surface area contributed by atoms with E-state index in [0.717, 1.165) is 46.2 Å². The molecule has 0 fully saturated rings. The van der Waals surface area contributed by atoms with Gasteiger partial charge in [-0.15, -0.1) is 11.3 Å². The monoisotopic (exact) mass is 407 g/mol. The van der Waals surface area contributed by atoms with Crippen LogP contribution in [0.1, 0.15) is 24.3 Å². The highest BCUT2D eigenvalue weighted by atomic mass is 32.1. The van der Waals surface area contributed by atoms with Crippen LogP contribution in [0.25, 0.3) is 17.3 Å². The first kappa shape index (κ1) is 18.7. The van der Waals surface area contributed by atoms with Crippen molar-refractivity contribution < 1.29 is 5.11 Å². The van der Waals surface area contributed by atoms with Crippen molar-refractivity contribution >= 4 is 52.8 Å². The molecule has 0 spiro atoms. The zero-order chi connectivity index (χ0) is 19.7. The molecule has 6 heteroatoms. The quantitative estimate of drug-likeness (QED) is 0.521. The molecule has 4 rings (SSSR count). The predicted octanol–water partition coefficient (Wildman–Crippen LogP) is 6.08. The molecule has 0 unspecified atom stereocenters. The molecule has 142 valence electrons. The number of benzene rings is 2. The van der Waals surface area contributed by atoms with Crippen LogP contribution in [0, 0.1) is 3.95 Å². The van der Waals surface area contributed by atoms with E-state index in [1.165, 1.54) is 11.3 Å². The minimum Gasteiger partial charge on any atom is -0.493 e. The fraction of sp³-hybridized carbons (Fsp3) is 0.182. The number of aromatic nitrogens is 1. The van der Waals surface area contributed by atoms with Gasteiger partial charge in [0.25, 0.3) is 0 Å². The molecule has 2 heterocycles. The predicted molar refractivity (Wildman–Crippen MR) is 122 cm³/mol. The maximum absolute atomic E-state index is 10.8. The van der Waals surface area contributed by atoms with E-state index < -0.39 is 0 Å². The summed E-state index contributed by atoms with van der Waals surface area (Å²) in [5, 5.41) is 10.8. The number of fused-ring (bicyclic) bond motifs is 1. The third kappa shape index (κ3) is 3.30. The van der Waals surface area contributed by atoms with Crippen LogP contribution in [0.2, 0.25) is 0 Å². The molecule has 0 aliphatic carbocycles. The normalized spacial score (nSPS) is 13.9. The molecule has 1 aliphatic heterocycles. The summed E-state index contributed by atoms with van der Waals surface area (Å²) < 4.78 is 2.33. The van der Waals surface area contributed by atoms with E-state index in [-0.39, 0.29) is 5.88 Å². The summed E-state index contributed by atoms with van der Waals surface area (Å²) in [6, 6.07) is 16.1. The van der Waals surface area contributed by atoms with Crippen LogP contribution in [0.15, 0.2) is 53.5 Å². The van der Waals surface area contributed by atoms with Crippen molar-refractivity contribution in [2.45, 2.75) is 13.8 Å². The molecular formula is C22H21N3OS2. The van der Waals surface area contributed by atoms with Crippen LogP contribution >= 0.6 is 23.6 Å². The zero-order valence-corrected chi connectivity index (χ0v) is 17.4. The maximum Gasteiger partial charge on any atom is 0.215 e. The van der Waals surface area contributed by atoms with Crippen molar-refractivity contribution in [1.82, 2.24) is 4.57 Å². The number of aromatic hydroxyl groups is 1. The summed E-state index contributed by atoms with van der Waals surface area (Å²) in [5.74, 6) is 0.163. The molecular weight excluding hydrogens is 386 g/mol. The number of rotatable bonds is 5. The largest absolute Gasteiger partial charge is 0.493 e. The third-order valence-corrected chi connectivity index (χ3v) is 6.20. The van der Waals surface area contributed by atoms with Crippen LogP contribution < -0.4 is 4.90 Å². The second-order valence-corrected chi connectivity index (χ2v) is 8.13. The van der Waals surface area contributed by atoms with Gasteiger partial charge in [0, 0.05) is 36.1 Å². The number of aliphatic imine (C=N–C) groups is 1. The van der Waals surface area contributed by atoms with Gasteiger partial charge in [0.1, 0.15) is 0 Å². The highest BCUT2D eigenvalue weighted by Gasteiger charge is 2.16. The second kappa shape index (κ2) is 7.73. The molecule has 4 nitrogen and oxygen atoms in total. The van der Waals surface area contributed by atoms with Crippen molar-refractivity contribution in [3.05, 3.63) is 62.9 Å². The Labute approximate surface area is 173 Å². The van der Waals surface area contributed by atoms with Gasteiger partial charge in [-0.25, -0.2) is 0 Å². The van der Waals surface area contributed by atoms with E-state index in [0.29, 0.717) is 3.95 Å². The first-order valence-electron chi connectivity index (χ1n) is 9.27. The number of para-hydroxylation sites is 1. The van der Waals surface area contributed by atoms with Crippen molar-refractivity contribution in [2.24, 2.45) is 4.99 Å². The van der Waals surface area contributed by atoms with Crippen LogP contribution in [-0.4, -0.2) is 29.0 Å². The molecule has 1 aliphatic rings. The summed E-state index contributed by atoms with van der Waals surface area (Å²) in [7, 11) is 0. The Bertz CT molecular complexity index is 1120. The van der Waals surface area contributed by atoms with E-state index >= 15 is 0 Å². The highest BCUT2D eigenvalue weighted by molar-refractivity contribution is 7.73. The standard InChI is InChI=1S/C22H21N3OS2/c1-3-24(4-2)16-9-11-17(12-10-16)25-21(26)20(28-22(25)27)13-15-14-23-19-8-6-5-7-18(15)19/h5-14,26H,3-4H2,1-2H3/b15-13+. The molecule has 0 bridgehead atoms. The van der Waals surface area contributed by atoms with E-state index in [1.54, 1.807) is 4.57 Å². The summed E-state index contributed by atoms with van der Waals surface area (Å²) in [4.78, 5) is 7.44. The average Bonchev–Trinajstić information content (AvgIpc) is 3.24. The summed E-state index contributed by atoms with van der Waals surface area (Å²) in [6.07, 6.45) is 3.78. The van der Waals surface area contributed by atoms with E-state index in [9.17, 15) is 5.11 Å². The molecule has 2 aromatic carbocycles. The van der Waals surface area contributed by atoms with Crippen molar-refractivity contribution in [3.8, 4) is 11.6 Å². The molecule has 0 atom stereocenters. The molecule has 0 radical (unpaired) electrons. The van der Waals surface area contributed by atoms with E-state index in [2.05, 4.69) is 35.9 Å². The Morgan fingerprint density at radius 3 is 2.54 bits per heavy atom. The Hall–Kier alpha value is -2.70. The Balaban J connectivity index is 1.70. The first-order valence-corrected chi connectivity index (χ1v) is 10.5. The molecule has 0 saturated heterocycles. The lowest BCUT2D eigenvalue weighted by Crippen LogP contribution is -2.21. The van der Waals surface area contributed by atoms with Crippen LogP contribution in [0.5, 0.6) is 5.88 Å². The van der Waals surface area contributed by atoms with Gasteiger partial charge >= 0.3 is 0 Å². The first-order chi connectivity index (χ1) is 13.6. The van der Waals surface area contributed by atoms with Gasteiger partial charge in [-0.3, -0.25) is 9.56 Å². The number of thiazole rings is 1. The number of anilines is 1. The Morgan fingerprint density at radius 1 is 1.11 bits per heavy atom. The van der Waals surface area contributed by atoms with Crippen LogP contribution in [-0.2, 0) is 0 Å². The number of allylic oxidation sites excluding steroid dienone is 1. The van der Waals surface area contributed by atoms with Gasteiger partial charge in [-0.1, -0.05) is 18.2 Å². The lowest BCUT2D eigenvalue weighted by Gasteiger charge is -2.21. The lowest BCUT2D eigenvalue weighted by atomic mass is 10.1. The number of hydrogen-bond acceptors (Lipinski definition) is 5. The summed E-state index contributed by atoms with van der Waals surface area (Å²) in [5.41, 5.74) is 5.02. The minimum atomic E-state index is 0.163. The van der Waals surface area contributed by atoms with Crippen LogP contribution in [0.3, 0.4) is 0 Å². The molecule has 3 aromatic rings. The number of nitrogens with zero attached hydrogens (tertiary/aromatic N) is 3. The molecule has 28 heavy (non-hydrogen) atoms. The Morgan fingerprint density at radius 2 is 1.82 bits per heavy atom. The second-order valence-electron chi connectivity index (χ2n) is 6.45. The molecule has 1 N–H and O–H groups in total. The van der Waals surface area contributed by atoms with Gasteiger partial charge < -0.3 is 10.0 Å². The molecule has 0 amide bonds. The molecule has 1 aromatic heterocycles. The fourth-order valence-corrected chi connectivity index (χ4v) is 4.70. The van der Waals surface area contributed by atoms with Gasteiger partial charge in [-0.2, -0.15) is 0 Å². The minimum absolute atomic E-state index is 0.163. The van der Waals surface area contributed by atoms with E-state index in [1.807, 2.05) is 48.7 Å². The van der Waals surface area contributed by atoms with Crippen LogP contribution in [0.4, 0.5) is 11.4 Å². The van der Waals surface area contributed by atoms with Crippen molar-refractivity contribution in [3.63, 3.8) is 0 Å². The third-order valence-electron chi connectivity index (χ3n) is 4.89. The Kier molecular flexibility index (Phi) is 5.15. The smallest absolute Gasteiger partial charge is 0.215 e. The van der Waals surface area contributed by atoms with Gasteiger partial charge in [0.05, 0.1) is 16.3 Å². The topological polar surface area (TPSA) is 40.8 Å². The highest BCUT2D eigenvalue weighted by Crippen LogP contribution is 2.37. The van der Waals surface area contributed by atoms with Crippen molar-refractivity contribution in [2.75, 3.05) is 18.0 Å². The average molecular weight is 408 g/mol. The fourth-order valence-electron chi connectivity index (χ4n) is 3.40.